The number of carbonyl (C=O) groups is 1. The highest BCUT2D eigenvalue weighted by Crippen LogP contribution is 2.28. The number of anilines is 1. The first-order valence-electron chi connectivity index (χ1n) is 9.34. The largest absolute Gasteiger partial charge is 0.320 e. The van der Waals surface area contributed by atoms with Crippen molar-refractivity contribution in [1.82, 2.24) is 24.6 Å². The van der Waals surface area contributed by atoms with Gasteiger partial charge in [-0.05, 0) is 31.2 Å². The van der Waals surface area contributed by atoms with E-state index in [1.807, 2.05) is 13.0 Å². The summed E-state index contributed by atoms with van der Waals surface area (Å²) in [6.45, 7) is 2.36. The van der Waals surface area contributed by atoms with Crippen molar-refractivity contribution < 1.29 is 14.0 Å². The summed E-state index contributed by atoms with van der Waals surface area (Å²) in [7, 11) is 3.37. The molecule has 4 rings (SSSR count). The Kier molecular flexibility index (Phi) is 5.23. The molecule has 0 N–H and O–H groups in total. The Bertz CT molecular complexity index is 1100. The molecule has 0 aromatic carbocycles. The van der Waals surface area contributed by atoms with Gasteiger partial charge in [0, 0.05) is 33.0 Å². The second-order valence-electron chi connectivity index (χ2n) is 6.58. The molecule has 1 aliphatic heterocycles. The summed E-state index contributed by atoms with van der Waals surface area (Å²) in [6.07, 6.45) is 5.26. The molecule has 0 spiro atoms. The van der Waals surface area contributed by atoms with Gasteiger partial charge in [-0.15, -0.1) is 0 Å². The third-order valence-corrected chi connectivity index (χ3v) is 4.78. The summed E-state index contributed by atoms with van der Waals surface area (Å²) >= 11 is 0. The Morgan fingerprint density at radius 2 is 2.00 bits per heavy atom. The van der Waals surface area contributed by atoms with Crippen LogP contribution in [0.4, 0.5) is 10.1 Å². The van der Waals surface area contributed by atoms with Crippen molar-refractivity contribution in [2.45, 2.75) is 13.2 Å². The maximum Gasteiger partial charge on any atom is 0.276 e. The second-order valence-corrected chi connectivity index (χ2v) is 6.58. The van der Waals surface area contributed by atoms with Crippen LogP contribution in [0.1, 0.15) is 35.0 Å². The lowest BCUT2D eigenvalue weighted by Crippen LogP contribution is -2.33. The lowest BCUT2D eigenvalue weighted by molar-refractivity contribution is -0.107. The minimum atomic E-state index is -0.878. The van der Waals surface area contributed by atoms with Gasteiger partial charge in [-0.3, -0.25) is 9.78 Å². The van der Waals surface area contributed by atoms with Crippen LogP contribution < -0.4 is 4.90 Å². The Balaban J connectivity index is 1.65. The molecular formula is C20H20FN7O2. The monoisotopic (exact) mass is 409 g/mol. The number of aliphatic imine (C=N–C) groups is 1. The van der Waals surface area contributed by atoms with E-state index in [-0.39, 0.29) is 11.5 Å². The van der Waals surface area contributed by atoms with Crippen LogP contribution in [0.15, 0.2) is 54.0 Å². The first-order valence-corrected chi connectivity index (χ1v) is 9.34. The topological polar surface area (TPSA) is 88.7 Å². The smallest absolute Gasteiger partial charge is 0.276 e. The van der Waals surface area contributed by atoms with Gasteiger partial charge in [0.25, 0.3) is 5.91 Å². The van der Waals surface area contributed by atoms with Crippen LogP contribution in [0.3, 0.4) is 0 Å². The molecule has 3 aromatic rings. The molecular weight excluding hydrogens is 389 g/mol. The highest BCUT2D eigenvalue weighted by molar-refractivity contribution is 6.06. The summed E-state index contributed by atoms with van der Waals surface area (Å²) < 4.78 is 15.7. The molecule has 0 saturated heterocycles. The number of aromatic nitrogens is 4. The third kappa shape index (κ3) is 3.41. The number of halogens is 1. The van der Waals surface area contributed by atoms with E-state index in [1.54, 1.807) is 54.2 Å². The molecule has 154 valence electrons. The van der Waals surface area contributed by atoms with E-state index in [2.05, 4.69) is 19.9 Å². The minimum Gasteiger partial charge on any atom is -0.320 e. The fourth-order valence-electron chi connectivity index (χ4n) is 3.23. The lowest BCUT2D eigenvalue weighted by Gasteiger charge is -2.21. The second kappa shape index (κ2) is 7.99. The van der Waals surface area contributed by atoms with E-state index in [1.165, 1.54) is 17.5 Å². The molecule has 1 aliphatic rings. The fraction of sp³-hybridized carbons (Fsp3) is 0.250. The zero-order chi connectivity index (χ0) is 21.3. The summed E-state index contributed by atoms with van der Waals surface area (Å²) in [4.78, 5) is 36.9. The van der Waals surface area contributed by atoms with Crippen LogP contribution in [-0.4, -0.2) is 49.9 Å². The predicted octanol–water partition coefficient (Wildman–Crippen LogP) is 2.34. The van der Waals surface area contributed by atoms with Gasteiger partial charge in [0.15, 0.2) is 11.7 Å². The van der Waals surface area contributed by atoms with Crippen LogP contribution in [-0.2, 0) is 11.9 Å². The number of pyridine rings is 2. The summed E-state index contributed by atoms with van der Waals surface area (Å²) in [5.41, 5.74) is 1.29. The van der Waals surface area contributed by atoms with Crippen molar-refractivity contribution in [2.24, 2.45) is 12.0 Å². The number of carbonyl (C=O) groups excluding carboxylic acids is 1. The number of imidazole rings is 1. The molecule has 0 radical (unpaired) electrons. The molecule has 1 amide bonds. The van der Waals surface area contributed by atoms with Gasteiger partial charge in [0.05, 0.1) is 23.6 Å². The Morgan fingerprint density at radius 1 is 1.20 bits per heavy atom. The quantitative estimate of drug-likeness (QED) is 0.601. The molecule has 0 aliphatic carbocycles. The van der Waals surface area contributed by atoms with Gasteiger partial charge in [0.1, 0.15) is 5.69 Å². The number of nitrogens with zero attached hydrogens (tertiary/aromatic N) is 7. The van der Waals surface area contributed by atoms with Crippen LogP contribution in [0, 0.1) is 5.95 Å². The first kappa shape index (κ1) is 19.6. The van der Waals surface area contributed by atoms with Crippen molar-refractivity contribution in [3.63, 3.8) is 0 Å². The van der Waals surface area contributed by atoms with E-state index in [4.69, 9.17) is 4.84 Å². The molecule has 0 bridgehead atoms. The summed E-state index contributed by atoms with van der Waals surface area (Å²) in [6, 6.07) is 6.77. The molecule has 1 unspecified atom stereocenters. The number of amides is 1. The third-order valence-electron chi connectivity index (χ3n) is 4.78. The van der Waals surface area contributed by atoms with E-state index < -0.39 is 12.2 Å². The normalized spacial score (nSPS) is 15.9. The van der Waals surface area contributed by atoms with Crippen molar-refractivity contribution in [1.29, 1.82) is 0 Å². The minimum absolute atomic E-state index is 0.219. The molecule has 9 nitrogen and oxygen atoms in total. The zero-order valence-electron chi connectivity index (χ0n) is 16.7. The van der Waals surface area contributed by atoms with Crippen molar-refractivity contribution in [3.8, 4) is 0 Å². The number of rotatable bonds is 5. The first-order chi connectivity index (χ1) is 14.5. The average molecular weight is 409 g/mol. The van der Waals surface area contributed by atoms with E-state index >= 15 is 0 Å². The predicted molar refractivity (Wildman–Crippen MR) is 107 cm³/mol. The highest BCUT2D eigenvalue weighted by atomic mass is 19.1. The Labute approximate surface area is 172 Å². The summed E-state index contributed by atoms with van der Waals surface area (Å²) in [5.74, 6) is -0.0560. The number of hydroxylamine groups is 2. The van der Waals surface area contributed by atoms with Crippen molar-refractivity contribution in [3.05, 3.63) is 72.1 Å². The van der Waals surface area contributed by atoms with Crippen LogP contribution in [0.5, 0.6) is 0 Å². The average Bonchev–Trinajstić information content (AvgIpc) is 3.32. The van der Waals surface area contributed by atoms with Crippen molar-refractivity contribution in [2.75, 3.05) is 18.5 Å². The fourth-order valence-corrected chi connectivity index (χ4v) is 3.23. The van der Waals surface area contributed by atoms with Gasteiger partial charge in [0.2, 0.25) is 12.2 Å². The van der Waals surface area contributed by atoms with Gasteiger partial charge in [-0.2, -0.15) is 4.39 Å². The van der Waals surface area contributed by atoms with E-state index in [0.717, 1.165) is 0 Å². The van der Waals surface area contributed by atoms with Crippen LogP contribution >= 0.6 is 0 Å². The number of amidine groups is 1. The lowest BCUT2D eigenvalue weighted by atomic mass is 10.2. The molecule has 3 aromatic heterocycles. The molecule has 0 fully saturated rings. The van der Waals surface area contributed by atoms with Crippen molar-refractivity contribution >= 4 is 17.4 Å². The highest BCUT2D eigenvalue weighted by Gasteiger charge is 2.32. The maximum atomic E-state index is 14.0. The molecule has 4 heterocycles. The van der Waals surface area contributed by atoms with Gasteiger partial charge < -0.3 is 9.47 Å². The van der Waals surface area contributed by atoms with Crippen LogP contribution in [0.25, 0.3) is 0 Å². The summed E-state index contributed by atoms with van der Waals surface area (Å²) in [5, 5.41) is 1.41. The Hall–Kier alpha value is -3.66. The molecule has 1 atom stereocenters. The van der Waals surface area contributed by atoms with Crippen LogP contribution in [0.2, 0.25) is 0 Å². The Morgan fingerprint density at radius 3 is 2.70 bits per heavy atom. The SMILES string of the molecule is CCN(C(=O)c1cnc(C2=NC(c3cccnc3F)ON2C)n1C)c1cccnc1. The zero-order valence-corrected chi connectivity index (χ0v) is 16.7. The number of hydrogen-bond acceptors (Lipinski definition) is 7. The van der Waals surface area contributed by atoms with E-state index in [0.29, 0.717) is 29.6 Å². The maximum absolute atomic E-state index is 14.0. The van der Waals surface area contributed by atoms with Gasteiger partial charge in [-0.25, -0.2) is 24.9 Å². The molecule has 10 heteroatoms. The van der Waals surface area contributed by atoms with Gasteiger partial charge in [-0.1, -0.05) is 0 Å². The van der Waals surface area contributed by atoms with Gasteiger partial charge >= 0.3 is 0 Å². The molecule has 0 saturated carbocycles. The van der Waals surface area contributed by atoms with E-state index in [9.17, 15) is 9.18 Å². The molecule has 30 heavy (non-hydrogen) atoms. The standard InChI is InChI=1S/C20H20FN7O2/c1-4-28(13-7-5-9-22-11-13)20(29)15-12-24-17(26(15)2)18-25-19(30-27(18)3)14-8-6-10-23-16(14)21/h5-12,19H,4H2,1-3H3. The number of hydrogen-bond donors (Lipinski definition) is 0.